The fourth-order valence-electron chi connectivity index (χ4n) is 2.20. The average Bonchev–Trinajstić information content (AvgIpc) is 2.40. The molecule has 0 saturated heterocycles. The Morgan fingerprint density at radius 3 is 2.24 bits per heavy atom. The van der Waals surface area contributed by atoms with Gasteiger partial charge in [-0.2, -0.15) is 0 Å². The topological polar surface area (TPSA) is 78.4 Å². The summed E-state index contributed by atoms with van der Waals surface area (Å²) < 4.78 is 0. The van der Waals surface area contributed by atoms with Crippen LogP contribution < -0.4 is 10.6 Å². The lowest BCUT2D eigenvalue weighted by Crippen LogP contribution is -2.41. The van der Waals surface area contributed by atoms with Crippen LogP contribution in [0.2, 0.25) is 0 Å². The number of hydrogen-bond acceptors (Lipinski definition) is 2. The van der Waals surface area contributed by atoms with Gasteiger partial charge >= 0.3 is 12.0 Å². The van der Waals surface area contributed by atoms with E-state index < -0.39 is 5.97 Å². The predicted molar refractivity (Wildman–Crippen MR) is 85.3 cm³/mol. The molecule has 3 N–H and O–H groups in total. The molecular weight excluding hydrogens is 268 g/mol. The second kappa shape index (κ2) is 11.4. The number of carbonyl (C=O) groups is 2. The number of rotatable bonds is 11. The quantitative estimate of drug-likeness (QED) is 0.547. The Morgan fingerprint density at radius 2 is 1.71 bits per heavy atom. The summed E-state index contributed by atoms with van der Waals surface area (Å²) >= 11 is 0. The summed E-state index contributed by atoms with van der Waals surface area (Å²) in [6.45, 7) is 9.02. The Kier molecular flexibility index (Phi) is 10.7. The van der Waals surface area contributed by atoms with E-state index in [1.54, 1.807) is 0 Å². The molecule has 124 valence electrons. The molecule has 0 radical (unpaired) electrons. The molecule has 0 heterocycles. The number of urea groups is 1. The lowest BCUT2D eigenvalue weighted by molar-refractivity contribution is -0.137. The first-order valence-corrected chi connectivity index (χ1v) is 8.11. The van der Waals surface area contributed by atoms with Gasteiger partial charge in [0.05, 0.1) is 0 Å². The number of amides is 2. The molecule has 0 saturated carbocycles. The highest BCUT2D eigenvalue weighted by Crippen LogP contribution is 2.14. The zero-order valence-electron chi connectivity index (χ0n) is 13.9. The van der Waals surface area contributed by atoms with E-state index in [4.69, 9.17) is 5.11 Å². The lowest BCUT2D eigenvalue weighted by Gasteiger charge is -2.17. The second-order valence-corrected chi connectivity index (χ2v) is 6.27. The number of nitrogens with one attached hydrogen (secondary N) is 2. The zero-order chi connectivity index (χ0) is 16.3. The summed E-state index contributed by atoms with van der Waals surface area (Å²) in [5.41, 5.74) is 0. The van der Waals surface area contributed by atoms with Gasteiger partial charge in [-0.25, -0.2) is 4.79 Å². The molecule has 0 aliphatic rings. The minimum absolute atomic E-state index is 0.126. The Bertz CT molecular complexity index is 306. The number of carbonyl (C=O) groups excluding carboxylic acids is 1. The minimum Gasteiger partial charge on any atom is -0.481 e. The number of aliphatic carboxylic acids is 1. The van der Waals surface area contributed by atoms with Crippen molar-refractivity contribution < 1.29 is 14.7 Å². The van der Waals surface area contributed by atoms with Crippen LogP contribution in [0.25, 0.3) is 0 Å². The molecule has 2 unspecified atom stereocenters. The van der Waals surface area contributed by atoms with Gasteiger partial charge in [-0.3, -0.25) is 4.79 Å². The first-order valence-electron chi connectivity index (χ1n) is 8.11. The van der Waals surface area contributed by atoms with Crippen molar-refractivity contribution in [3.63, 3.8) is 0 Å². The second-order valence-electron chi connectivity index (χ2n) is 6.27. The molecule has 0 rings (SSSR count). The molecule has 2 amide bonds. The normalized spacial score (nSPS) is 13.8. The largest absolute Gasteiger partial charge is 0.481 e. The van der Waals surface area contributed by atoms with Crippen LogP contribution in [0, 0.1) is 11.8 Å². The third-order valence-corrected chi connectivity index (χ3v) is 3.74. The van der Waals surface area contributed by atoms with Gasteiger partial charge in [-0.1, -0.05) is 27.2 Å². The standard InChI is InChI=1S/C16H32N2O3/c1-5-14(8-9-15(19)20)10-11-17-16(21)18-13(4)7-6-12(2)3/h12-14H,5-11H2,1-4H3,(H,19,20)(H2,17,18,21). The zero-order valence-corrected chi connectivity index (χ0v) is 13.9. The fourth-order valence-corrected chi connectivity index (χ4v) is 2.20. The van der Waals surface area contributed by atoms with E-state index in [0.717, 1.165) is 25.7 Å². The van der Waals surface area contributed by atoms with Crippen molar-refractivity contribution in [2.45, 2.75) is 72.3 Å². The molecule has 0 aromatic heterocycles. The van der Waals surface area contributed by atoms with Crippen LogP contribution in [0.3, 0.4) is 0 Å². The molecule has 5 nitrogen and oxygen atoms in total. The number of carboxylic acids is 1. The summed E-state index contributed by atoms with van der Waals surface area (Å²) in [4.78, 5) is 22.3. The van der Waals surface area contributed by atoms with Crippen LogP contribution in [0.15, 0.2) is 0 Å². The number of hydrogen-bond donors (Lipinski definition) is 3. The van der Waals surface area contributed by atoms with Crippen LogP contribution >= 0.6 is 0 Å². The Balaban J connectivity index is 3.78. The number of carboxylic acid groups (broad SMARTS) is 1. The monoisotopic (exact) mass is 300 g/mol. The Hall–Kier alpha value is -1.26. The summed E-state index contributed by atoms with van der Waals surface area (Å²) in [5.74, 6) is 0.259. The summed E-state index contributed by atoms with van der Waals surface area (Å²) in [6.07, 6.45) is 4.76. The van der Waals surface area contributed by atoms with Crippen molar-refractivity contribution in [1.29, 1.82) is 0 Å². The molecular formula is C16H32N2O3. The van der Waals surface area contributed by atoms with Gasteiger partial charge < -0.3 is 15.7 Å². The molecule has 0 aliphatic carbocycles. The average molecular weight is 300 g/mol. The third-order valence-electron chi connectivity index (χ3n) is 3.74. The maximum Gasteiger partial charge on any atom is 0.314 e. The van der Waals surface area contributed by atoms with Crippen LogP contribution in [0.1, 0.15) is 66.2 Å². The Morgan fingerprint density at radius 1 is 1.05 bits per heavy atom. The third kappa shape index (κ3) is 12.2. The molecule has 2 atom stereocenters. The van der Waals surface area contributed by atoms with Gasteiger partial charge in [0.2, 0.25) is 0 Å². The van der Waals surface area contributed by atoms with Crippen molar-refractivity contribution in [3.8, 4) is 0 Å². The van der Waals surface area contributed by atoms with Gasteiger partial charge in [0, 0.05) is 19.0 Å². The van der Waals surface area contributed by atoms with Crippen LogP contribution in [-0.2, 0) is 4.79 Å². The molecule has 0 aromatic rings. The highest BCUT2D eigenvalue weighted by molar-refractivity contribution is 5.74. The minimum atomic E-state index is -0.752. The van der Waals surface area contributed by atoms with Crippen molar-refractivity contribution in [2.75, 3.05) is 6.54 Å². The van der Waals surface area contributed by atoms with E-state index >= 15 is 0 Å². The van der Waals surface area contributed by atoms with Crippen LogP contribution in [0.4, 0.5) is 4.79 Å². The van der Waals surface area contributed by atoms with Gasteiger partial charge in [0.15, 0.2) is 0 Å². The van der Waals surface area contributed by atoms with E-state index in [0.29, 0.717) is 24.8 Å². The smallest absolute Gasteiger partial charge is 0.314 e. The molecule has 0 aromatic carbocycles. The maximum atomic E-state index is 11.7. The van der Waals surface area contributed by atoms with Gasteiger partial charge in [-0.15, -0.1) is 0 Å². The lowest BCUT2D eigenvalue weighted by atomic mass is 9.97. The highest BCUT2D eigenvalue weighted by Gasteiger charge is 2.11. The first kappa shape index (κ1) is 19.7. The van der Waals surface area contributed by atoms with Crippen molar-refractivity contribution >= 4 is 12.0 Å². The molecule has 0 fully saturated rings. The van der Waals surface area contributed by atoms with Gasteiger partial charge in [-0.05, 0) is 44.4 Å². The SMILES string of the molecule is CCC(CCNC(=O)NC(C)CCC(C)C)CCC(=O)O. The van der Waals surface area contributed by atoms with E-state index in [1.807, 2.05) is 6.92 Å². The van der Waals surface area contributed by atoms with E-state index in [-0.39, 0.29) is 18.5 Å². The molecule has 5 heteroatoms. The maximum absolute atomic E-state index is 11.7. The predicted octanol–water partition coefficient (Wildman–Crippen LogP) is 3.39. The first-order chi connectivity index (χ1) is 9.85. The Labute approximate surface area is 128 Å². The van der Waals surface area contributed by atoms with Crippen molar-refractivity contribution in [3.05, 3.63) is 0 Å². The van der Waals surface area contributed by atoms with Crippen molar-refractivity contribution in [1.82, 2.24) is 10.6 Å². The molecule has 0 bridgehead atoms. The molecule has 0 aliphatic heterocycles. The van der Waals surface area contributed by atoms with Gasteiger partial charge in [0.1, 0.15) is 0 Å². The van der Waals surface area contributed by atoms with Gasteiger partial charge in [0.25, 0.3) is 0 Å². The fraction of sp³-hybridized carbons (Fsp3) is 0.875. The highest BCUT2D eigenvalue weighted by atomic mass is 16.4. The van der Waals surface area contributed by atoms with E-state index in [9.17, 15) is 9.59 Å². The molecule has 0 spiro atoms. The summed E-state index contributed by atoms with van der Waals surface area (Å²) in [5, 5.41) is 14.5. The summed E-state index contributed by atoms with van der Waals surface area (Å²) in [7, 11) is 0. The van der Waals surface area contributed by atoms with E-state index in [1.165, 1.54) is 0 Å². The van der Waals surface area contributed by atoms with Crippen LogP contribution in [0.5, 0.6) is 0 Å². The van der Waals surface area contributed by atoms with E-state index in [2.05, 4.69) is 31.4 Å². The van der Waals surface area contributed by atoms with Crippen molar-refractivity contribution in [2.24, 2.45) is 11.8 Å². The van der Waals surface area contributed by atoms with Crippen LogP contribution in [-0.4, -0.2) is 29.7 Å². The molecule has 21 heavy (non-hydrogen) atoms. The summed E-state index contributed by atoms with van der Waals surface area (Å²) in [6, 6.07) is 0.0562.